The molecule has 69 heavy (non-hydrogen) atoms. The van der Waals surface area contributed by atoms with Gasteiger partial charge in [-0.3, -0.25) is 24.0 Å². The molecule has 0 aromatic heterocycles. The molecule has 1 saturated heterocycles. The molecule has 13 nitrogen and oxygen atoms in total. The smallest absolute Gasteiger partial charge is 0.309 e. The Hall–Kier alpha value is -3.57. The van der Waals surface area contributed by atoms with Crippen molar-refractivity contribution < 1.29 is 68.0 Å². The highest BCUT2D eigenvalue weighted by Crippen LogP contribution is 2.20. The Morgan fingerprint density at radius 3 is 1.38 bits per heavy atom. The van der Waals surface area contributed by atoms with Crippen LogP contribution in [0.1, 0.15) is 181 Å². The van der Waals surface area contributed by atoms with E-state index in [0.29, 0.717) is 67.1 Å². The standard InChI is InChI=1S/C9H12O2.C8H14O2.C8H14O.C7H12O2.C6H12O.C5H11FO2S.C5H10O.C4H9FO2S/c1-6(2)3-7-4-8(10)5-9(7)11;1-7(2)6-8(10)4-3-5-9;1-8(2)6-4-3-5-7-9;1-5(2)3-6-4-7(8)9-6;1-6(2)4-3-5-7;1-5(2)3-4-9(6,7)8;1-5(2)3-4-6;1-4(2)3-8(5,6)7/h4,6H,3,5H2,1-2H3;3-5,7-8,10H,6H2,1-2H3;3,5,7-8H,4,6H2,1-2H3;5-6H,3-4H2,1-2H3;5-6H,3-4H2,1-2H3;5H,3-4H2,1-2H3;4-5H,3H2,1-2H3;4H,3H2,1-2H3/b;4-3+;5-3+;;;;;. The van der Waals surface area contributed by atoms with Crippen LogP contribution in [0.2, 0.25) is 0 Å². The summed E-state index contributed by atoms with van der Waals surface area (Å²) in [6.45, 7) is 32.0. The summed E-state index contributed by atoms with van der Waals surface area (Å²) in [5, 5.41) is 9.10. The van der Waals surface area contributed by atoms with E-state index in [1.807, 2.05) is 61.5 Å². The van der Waals surface area contributed by atoms with E-state index < -0.39 is 26.6 Å². The van der Waals surface area contributed by atoms with E-state index in [1.165, 1.54) is 24.6 Å². The first kappa shape index (κ1) is 76.9. The molecule has 2 aliphatic rings. The van der Waals surface area contributed by atoms with Crippen LogP contribution in [0.5, 0.6) is 0 Å². The zero-order valence-corrected chi connectivity index (χ0v) is 46.7. The quantitative estimate of drug-likeness (QED) is 0.0351. The number of aldehydes is 4. The van der Waals surface area contributed by atoms with Gasteiger partial charge in [0.15, 0.2) is 11.6 Å². The van der Waals surface area contributed by atoms with E-state index in [0.717, 1.165) is 56.9 Å². The van der Waals surface area contributed by atoms with Gasteiger partial charge in [-0.15, -0.1) is 7.77 Å². The van der Waals surface area contributed by atoms with Gasteiger partial charge in [-0.05, 0) is 116 Å². The second kappa shape index (κ2) is 48.1. The fourth-order valence-electron chi connectivity index (χ4n) is 4.91. The molecule has 1 heterocycles. The summed E-state index contributed by atoms with van der Waals surface area (Å²) < 4.78 is 67.4. The van der Waals surface area contributed by atoms with Gasteiger partial charge in [0.25, 0.3) is 0 Å². The fourth-order valence-corrected chi connectivity index (χ4v) is 6.46. The van der Waals surface area contributed by atoms with Crippen LogP contribution in [0.25, 0.3) is 0 Å². The number of hydrogen-bond acceptors (Lipinski definition) is 13. The number of halogens is 2. The highest BCUT2D eigenvalue weighted by atomic mass is 32.3. The van der Waals surface area contributed by atoms with Crippen molar-refractivity contribution in [3.05, 3.63) is 36.0 Å². The summed E-state index contributed by atoms with van der Waals surface area (Å²) in [6, 6.07) is 0. The first-order valence-corrected chi connectivity index (χ1v) is 27.3. The third-order valence-electron chi connectivity index (χ3n) is 8.23. The lowest BCUT2D eigenvalue weighted by molar-refractivity contribution is -0.170. The Labute approximate surface area is 418 Å². The van der Waals surface area contributed by atoms with Crippen LogP contribution >= 0.6 is 0 Å². The third kappa shape index (κ3) is 78.9. The van der Waals surface area contributed by atoms with Crippen LogP contribution in [0, 0.1) is 47.3 Å². The minimum Gasteiger partial charge on any atom is -0.462 e. The third-order valence-corrected chi connectivity index (χ3v) is 10.0. The van der Waals surface area contributed by atoms with E-state index in [4.69, 9.17) is 9.84 Å². The number of esters is 1. The van der Waals surface area contributed by atoms with Crippen molar-refractivity contribution in [2.24, 2.45) is 47.3 Å². The molecule has 406 valence electrons. The molecule has 0 spiro atoms. The topological polar surface area (TPSA) is 217 Å². The number of allylic oxidation sites excluding steroid dienone is 5. The Morgan fingerprint density at radius 2 is 1.13 bits per heavy atom. The number of ketones is 2. The minimum atomic E-state index is -4.22. The van der Waals surface area contributed by atoms with Crippen LogP contribution in [0.15, 0.2) is 36.0 Å². The number of cyclic esters (lactones) is 1. The van der Waals surface area contributed by atoms with Gasteiger partial charge in [0.2, 0.25) is 0 Å². The second-order valence-corrected chi connectivity index (χ2v) is 22.9. The van der Waals surface area contributed by atoms with Gasteiger partial charge in [0, 0.05) is 12.8 Å². The lowest BCUT2D eigenvalue weighted by atomic mass is 10.0. The van der Waals surface area contributed by atoms with Gasteiger partial charge in [0.05, 0.1) is 30.5 Å². The number of hydrogen-bond donors (Lipinski definition) is 1. The molecule has 0 aromatic carbocycles. The number of carbonyl (C=O) groups excluding carboxylic acids is 7. The molecule has 0 radical (unpaired) electrons. The lowest BCUT2D eigenvalue weighted by Crippen LogP contribution is -2.33. The van der Waals surface area contributed by atoms with Gasteiger partial charge in [-0.25, -0.2) is 0 Å². The molecular weight excluding hydrogens is 935 g/mol. The summed E-state index contributed by atoms with van der Waals surface area (Å²) in [5.74, 6) is 2.85. The van der Waals surface area contributed by atoms with Gasteiger partial charge in [-0.1, -0.05) is 123 Å². The van der Waals surface area contributed by atoms with Crippen molar-refractivity contribution >= 4 is 63.1 Å². The molecule has 0 saturated carbocycles. The van der Waals surface area contributed by atoms with Crippen molar-refractivity contribution in [2.45, 2.75) is 194 Å². The van der Waals surface area contributed by atoms with Crippen molar-refractivity contribution in [1.29, 1.82) is 0 Å². The molecule has 0 aromatic rings. The number of rotatable bonds is 22. The molecule has 1 aliphatic heterocycles. The Bertz CT molecular complexity index is 1650. The highest BCUT2D eigenvalue weighted by molar-refractivity contribution is 7.86. The molecule has 0 amide bonds. The molecule has 1 N–H and O–H groups in total. The lowest BCUT2D eigenvalue weighted by Gasteiger charge is -2.26. The fraction of sp³-hybridized carbons (Fsp3) is 0.750. The maximum Gasteiger partial charge on any atom is 0.309 e. The minimum absolute atomic E-state index is 0.0173. The molecule has 0 bridgehead atoms. The zero-order valence-electron chi connectivity index (χ0n) is 45.1. The van der Waals surface area contributed by atoms with Gasteiger partial charge in [-0.2, -0.15) is 16.8 Å². The SMILES string of the molecule is CC(C)CC(O)/C=C/C=O.CC(C)CC/C=C/C=O.CC(C)CC1=CC(=O)CC1=O.CC(C)CC1CC(=O)O1.CC(C)CC=O.CC(C)CCC=O.CC(C)CCS(=O)(=O)F.CC(C)CS(=O)(=O)F. The number of Topliss-reactive ketones (excluding diaryl/α,β-unsaturated/α-hetero) is 1. The zero-order chi connectivity index (χ0) is 55.3. The second-order valence-electron chi connectivity index (χ2n) is 20.0. The van der Waals surface area contributed by atoms with E-state index >= 15 is 0 Å². The van der Waals surface area contributed by atoms with Gasteiger partial charge in [0.1, 0.15) is 31.2 Å². The van der Waals surface area contributed by atoms with Crippen molar-refractivity contribution in [3.8, 4) is 0 Å². The normalized spacial score (nSPS) is 14.6. The van der Waals surface area contributed by atoms with Gasteiger partial charge < -0.3 is 19.4 Å². The van der Waals surface area contributed by atoms with Gasteiger partial charge >= 0.3 is 26.4 Å². The van der Waals surface area contributed by atoms with Crippen LogP contribution in [-0.4, -0.2) is 88.3 Å². The average Bonchev–Trinajstić information content (AvgIpc) is 3.48. The number of aliphatic hydroxyl groups excluding tert-OH is 1. The average molecular weight is 1030 g/mol. The van der Waals surface area contributed by atoms with Crippen LogP contribution in [-0.2, 0) is 58.7 Å². The Balaban J connectivity index is -0.000000165. The van der Waals surface area contributed by atoms with Crippen LogP contribution < -0.4 is 0 Å². The van der Waals surface area contributed by atoms with Crippen LogP contribution in [0.3, 0.4) is 0 Å². The molecule has 1 aliphatic carbocycles. The summed E-state index contributed by atoms with van der Waals surface area (Å²) in [7, 11) is -8.44. The monoisotopic (exact) mass is 1030 g/mol. The number of carbonyl (C=O) groups is 7. The van der Waals surface area contributed by atoms with E-state index in [9.17, 15) is 58.2 Å². The number of aliphatic hydroxyl groups is 1. The summed E-state index contributed by atoms with van der Waals surface area (Å²) in [6.07, 6.45) is 19.2. The predicted molar refractivity (Wildman–Crippen MR) is 276 cm³/mol. The molecule has 2 rings (SSSR count). The number of ether oxygens (including phenoxy) is 1. The maximum absolute atomic E-state index is 11.7. The molecule has 1 fully saturated rings. The summed E-state index contributed by atoms with van der Waals surface area (Å²) >= 11 is 0. The van der Waals surface area contributed by atoms with Crippen molar-refractivity contribution in [3.63, 3.8) is 0 Å². The maximum atomic E-state index is 11.7. The van der Waals surface area contributed by atoms with Crippen LogP contribution in [0.4, 0.5) is 7.77 Å². The Morgan fingerprint density at radius 1 is 0.638 bits per heavy atom. The first-order chi connectivity index (χ1) is 31.6. The summed E-state index contributed by atoms with van der Waals surface area (Å²) in [5.41, 5.74) is 0.713. The van der Waals surface area contributed by atoms with Crippen molar-refractivity contribution in [2.75, 3.05) is 11.5 Å². The summed E-state index contributed by atoms with van der Waals surface area (Å²) in [4.78, 5) is 70.9. The molecule has 2 atom stereocenters. The van der Waals surface area contributed by atoms with Crippen molar-refractivity contribution in [1.82, 2.24) is 0 Å². The molecule has 17 heteroatoms. The molecular formula is C52H94F2O13S2. The van der Waals surface area contributed by atoms with E-state index in [2.05, 4.69) is 41.5 Å². The largest absolute Gasteiger partial charge is 0.462 e. The van der Waals surface area contributed by atoms with E-state index in [-0.39, 0.29) is 53.4 Å². The first-order valence-electron chi connectivity index (χ1n) is 24.2. The predicted octanol–water partition coefficient (Wildman–Crippen LogP) is 11.3. The molecule has 2 unspecified atom stereocenters. The Kier molecular flexibility index (Phi) is 53.6. The highest BCUT2D eigenvalue weighted by Gasteiger charge is 2.28. The van der Waals surface area contributed by atoms with E-state index in [1.54, 1.807) is 19.9 Å².